The van der Waals surface area contributed by atoms with Gasteiger partial charge in [0.05, 0.1) is 11.1 Å². The zero-order valence-electron chi connectivity index (χ0n) is 16.0. The number of carbonyl (C=O) groups is 2. The number of hydrogen-bond acceptors (Lipinski definition) is 4. The summed E-state index contributed by atoms with van der Waals surface area (Å²) in [6.45, 7) is 3.08. The molecule has 0 spiro atoms. The number of furan rings is 1. The molecule has 26 heavy (non-hydrogen) atoms. The van der Waals surface area contributed by atoms with Crippen molar-refractivity contribution in [2.45, 2.75) is 39.3 Å². The lowest BCUT2D eigenvalue weighted by molar-refractivity contribution is 0.0777. The van der Waals surface area contributed by atoms with E-state index >= 15 is 0 Å². The van der Waals surface area contributed by atoms with Gasteiger partial charge >= 0.3 is 0 Å². The molecule has 1 aliphatic carbocycles. The quantitative estimate of drug-likeness (QED) is 0.825. The molecule has 0 radical (unpaired) electrons. The fourth-order valence-corrected chi connectivity index (χ4v) is 3.59. The fourth-order valence-electron chi connectivity index (χ4n) is 3.59. The number of nitrogens with zero attached hydrogens (tertiary/aromatic N) is 2. The topological polar surface area (TPSA) is 53.8 Å². The Kier molecular flexibility index (Phi) is 5.28. The van der Waals surface area contributed by atoms with E-state index in [1.165, 1.54) is 5.56 Å². The van der Waals surface area contributed by atoms with Gasteiger partial charge in [-0.3, -0.25) is 9.59 Å². The van der Waals surface area contributed by atoms with Crippen LogP contribution < -0.4 is 0 Å². The molecule has 0 saturated heterocycles. The SMILES string of the molecule is Cc1oc2c(c1C(=O)N(C)Cc1ccccc1CN(C)C)C(=O)CCC2. The van der Waals surface area contributed by atoms with Gasteiger partial charge in [0.1, 0.15) is 11.5 Å². The molecule has 1 aromatic carbocycles. The van der Waals surface area contributed by atoms with Crippen molar-refractivity contribution in [1.29, 1.82) is 0 Å². The maximum Gasteiger partial charge on any atom is 0.258 e. The molecule has 138 valence electrons. The van der Waals surface area contributed by atoms with Gasteiger partial charge in [0.25, 0.3) is 5.91 Å². The van der Waals surface area contributed by atoms with Crippen LogP contribution in [0.1, 0.15) is 56.2 Å². The zero-order valence-corrected chi connectivity index (χ0v) is 16.0. The van der Waals surface area contributed by atoms with Crippen LogP contribution in [0.15, 0.2) is 28.7 Å². The minimum absolute atomic E-state index is 0.0212. The van der Waals surface area contributed by atoms with Crippen LogP contribution in [0.25, 0.3) is 0 Å². The van der Waals surface area contributed by atoms with Crippen LogP contribution in [0.2, 0.25) is 0 Å². The Labute approximate surface area is 154 Å². The lowest BCUT2D eigenvalue weighted by Gasteiger charge is -2.21. The monoisotopic (exact) mass is 354 g/mol. The molecule has 0 saturated carbocycles. The zero-order chi connectivity index (χ0) is 18.8. The first-order chi connectivity index (χ1) is 12.4. The standard InChI is InChI=1S/C21H26N2O3/c1-14-19(20-17(24)10-7-11-18(20)26-14)21(25)23(4)13-16-9-6-5-8-15(16)12-22(2)3/h5-6,8-9H,7,10-13H2,1-4H3. The summed E-state index contributed by atoms with van der Waals surface area (Å²) in [4.78, 5) is 29.2. The van der Waals surface area contributed by atoms with Gasteiger partial charge in [-0.15, -0.1) is 0 Å². The third-order valence-corrected chi connectivity index (χ3v) is 4.82. The molecule has 0 atom stereocenters. The van der Waals surface area contributed by atoms with E-state index in [1.807, 2.05) is 32.3 Å². The Bertz CT molecular complexity index is 836. The van der Waals surface area contributed by atoms with Gasteiger partial charge in [0.15, 0.2) is 5.78 Å². The van der Waals surface area contributed by atoms with E-state index in [0.717, 1.165) is 24.9 Å². The number of benzene rings is 1. The molecule has 0 N–H and O–H groups in total. The molecular formula is C21H26N2O3. The van der Waals surface area contributed by atoms with Crippen molar-refractivity contribution in [3.05, 3.63) is 58.0 Å². The lowest BCUT2D eigenvalue weighted by Crippen LogP contribution is -2.29. The maximum absolute atomic E-state index is 13.1. The molecule has 0 aliphatic heterocycles. The summed E-state index contributed by atoms with van der Waals surface area (Å²) in [7, 11) is 5.83. The summed E-state index contributed by atoms with van der Waals surface area (Å²) >= 11 is 0. The maximum atomic E-state index is 13.1. The molecular weight excluding hydrogens is 328 g/mol. The highest BCUT2D eigenvalue weighted by Crippen LogP contribution is 2.30. The summed E-state index contributed by atoms with van der Waals surface area (Å²) in [5, 5.41) is 0. The highest BCUT2D eigenvalue weighted by molar-refractivity contribution is 6.09. The number of rotatable bonds is 5. The minimum Gasteiger partial charge on any atom is -0.465 e. The lowest BCUT2D eigenvalue weighted by atomic mass is 9.93. The van der Waals surface area contributed by atoms with Crippen LogP contribution in [0.5, 0.6) is 0 Å². The largest absolute Gasteiger partial charge is 0.465 e. The predicted octanol–water partition coefficient (Wildman–Crippen LogP) is 3.44. The Morgan fingerprint density at radius 1 is 1.08 bits per heavy atom. The highest BCUT2D eigenvalue weighted by Gasteiger charge is 2.31. The molecule has 0 bridgehead atoms. The first kappa shape index (κ1) is 18.4. The molecule has 1 aromatic heterocycles. The summed E-state index contributed by atoms with van der Waals surface area (Å²) in [6.07, 6.45) is 2.01. The van der Waals surface area contributed by atoms with E-state index in [4.69, 9.17) is 4.42 Å². The third-order valence-electron chi connectivity index (χ3n) is 4.82. The van der Waals surface area contributed by atoms with Crippen LogP contribution in [0, 0.1) is 6.92 Å². The second-order valence-corrected chi connectivity index (χ2v) is 7.28. The number of aryl methyl sites for hydroxylation is 2. The Balaban J connectivity index is 1.86. The average molecular weight is 354 g/mol. The summed E-state index contributed by atoms with van der Waals surface area (Å²) < 4.78 is 5.73. The van der Waals surface area contributed by atoms with Gasteiger partial charge in [0, 0.05) is 33.0 Å². The molecule has 1 aliphatic rings. The molecule has 1 amide bonds. The normalized spacial score (nSPS) is 13.8. The first-order valence-electron chi connectivity index (χ1n) is 9.01. The summed E-state index contributed by atoms with van der Waals surface area (Å²) in [5.41, 5.74) is 3.25. The molecule has 0 fully saturated rings. The van der Waals surface area contributed by atoms with Crippen molar-refractivity contribution in [2.75, 3.05) is 21.1 Å². The van der Waals surface area contributed by atoms with E-state index in [9.17, 15) is 9.59 Å². The molecule has 1 heterocycles. The predicted molar refractivity (Wildman–Crippen MR) is 100 cm³/mol. The van der Waals surface area contributed by atoms with Gasteiger partial charge in [-0.1, -0.05) is 24.3 Å². The van der Waals surface area contributed by atoms with Crippen LogP contribution in [0.4, 0.5) is 0 Å². The van der Waals surface area contributed by atoms with Gasteiger partial charge in [-0.05, 0) is 38.6 Å². The van der Waals surface area contributed by atoms with E-state index in [2.05, 4.69) is 11.0 Å². The number of ketones is 1. The van der Waals surface area contributed by atoms with Crippen LogP contribution in [-0.4, -0.2) is 42.6 Å². The third kappa shape index (κ3) is 3.58. The first-order valence-corrected chi connectivity index (χ1v) is 9.01. The molecule has 2 aromatic rings. The highest BCUT2D eigenvalue weighted by atomic mass is 16.3. The van der Waals surface area contributed by atoms with Crippen molar-refractivity contribution < 1.29 is 14.0 Å². The van der Waals surface area contributed by atoms with Crippen LogP contribution >= 0.6 is 0 Å². The number of fused-ring (bicyclic) bond motifs is 1. The van der Waals surface area contributed by atoms with Gasteiger partial charge in [0.2, 0.25) is 0 Å². The number of carbonyl (C=O) groups excluding carboxylic acids is 2. The van der Waals surface area contributed by atoms with E-state index < -0.39 is 0 Å². The van der Waals surface area contributed by atoms with E-state index in [0.29, 0.717) is 35.6 Å². The number of Topliss-reactive ketones (excluding diaryl/α,β-unsaturated/α-hetero) is 1. The van der Waals surface area contributed by atoms with Crippen molar-refractivity contribution in [3.63, 3.8) is 0 Å². The average Bonchev–Trinajstić information content (AvgIpc) is 2.92. The molecule has 5 nitrogen and oxygen atoms in total. The smallest absolute Gasteiger partial charge is 0.258 e. The Morgan fingerprint density at radius 2 is 1.73 bits per heavy atom. The summed E-state index contributed by atoms with van der Waals surface area (Å²) in [5.74, 6) is 1.09. The van der Waals surface area contributed by atoms with Crippen molar-refractivity contribution >= 4 is 11.7 Å². The minimum atomic E-state index is -0.151. The molecule has 3 rings (SSSR count). The van der Waals surface area contributed by atoms with Crippen molar-refractivity contribution in [2.24, 2.45) is 0 Å². The second-order valence-electron chi connectivity index (χ2n) is 7.28. The van der Waals surface area contributed by atoms with Gasteiger partial charge in [-0.25, -0.2) is 0 Å². The van der Waals surface area contributed by atoms with Crippen LogP contribution in [-0.2, 0) is 19.5 Å². The van der Waals surface area contributed by atoms with Crippen molar-refractivity contribution in [1.82, 2.24) is 9.80 Å². The number of amides is 1. The van der Waals surface area contributed by atoms with E-state index in [1.54, 1.807) is 18.9 Å². The Hall–Kier alpha value is -2.40. The number of hydrogen-bond donors (Lipinski definition) is 0. The molecule has 0 unspecified atom stereocenters. The fraction of sp³-hybridized carbons (Fsp3) is 0.429. The Morgan fingerprint density at radius 3 is 2.38 bits per heavy atom. The molecule has 5 heteroatoms. The van der Waals surface area contributed by atoms with Crippen molar-refractivity contribution in [3.8, 4) is 0 Å². The second kappa shape index (κ2) is 7.46. The summed E-state index contributed by atoms with van der Waals surface area (Å²) in [6, 6.07) is 8.13. The van der Waals surface area contributed by atoms with Gasteiger partial charge < -0.3 is 14.2 Å². The van der Waals surface area contributed by atoms with E-state index in [-0.39, 0.29) is 11.7 Å². The van der Waals surface area contributed by atoms with Crippen LogP contribution in [0.3, 0.4) is 0 Å². The van der Waals surface area contributed by atoms with Gasteiger partial charge in [-0.2, -0.15) is 0 Å².